The molecular weight excluding hydrogens is 148 g/mol. The maximum Gasteiger partial charge on any atom is 0.0487 e. The van der Waals surface area contributed by atoms with Crippen LogP contribution in [0, 0.1) is 5.41 Å². The number of rotatable bonds is 0. The molecule has 1 atom stereocenters. The second-order valence-corrected chi connectivity index (χ2v) is 5.23. The lowest BCUT2D eigenvalue weighted by Crippen LogP contribution is -2.51. The van der Waals surface area contributed by atoms with Crippen LogP contribution in [0.5, 0.6) is 0 Å². The molecule has 1 unspecified atom stereocenters. The van der Waals surface area contributed by atoms with Crippen molar-refractivity contribution in [2.45, 2.75) is 39.2 Å². The molecule has 0 bridgehead atoms. The summed E-state index contributed by atoms with van der Waals surface area (Å²) in [6.07, 6.45) is 2.77. The van der Waals surface area contributed by atoms with E-state index in [9.17, 15) is 0 Å². The first-order valence-corrected chi connectivity index (χ1v) is 5.02. The Bertz CT molecular complexity index is 171. The third-order valence-electron chi connectivity index (χ3n) is 3.74. The Balaban J connectivity index is 2.28. The fraction of sp³-hybridized carbons (Fsp3) is 1.00. The zero-order valence-corrected chi connectivity index (χ0v) is 8.48. The minimum atomic E-state index is 0.424. The number of hydrogen-bond acceptors (Lipinski definition) is 2. The second-order valence-electron chi connectivity index (χ2n) is 5.23. The molecule has 0 amide bonds. The topological polar surface area (TPSA) is 15.3 Å². The molecule has 2 heterocycles. The van der Waals surface area contributed by atoms with Gasteiger partial charge in [0.2, 0.25) is 0 Å². The number of hydrogen-bond donors (Lipinski definition) is 1. The molecule has 0 aromatic heterocycles. The number of nitrogens with zero attached hydrogens (tertiary/aromatic N) is 1. The molecular formula is C10H20N2. The van der Waals surface area contributed by atoms with Crippen LogP contribution in [0.4, 0.5) is 0 Å². The van der Waals surface area contributed by atoms with Gasteiger partial charge in [0.1, 0.15) is 0 Å². The van der Waals surface area contributed by atoms with Crippen LogP contribution in [0.3, 0.4) is 0 Å². The molecule has 0 saturated carbocycles. The minimum absolute atomic E-state index is 0.424. The number of nitrogens with one attached hydrogen (secondary N) is 1. The third-order valence-corrected chi connectivity index (χ3v) is 3.74. The molecule has 0 aromatic carbocycles. The molecule has 2 aliphatic heterocycles. The van der Waals surface area contributed by atoms with Gasteiger partial charge in [-0.1, -0.05) is 20.8 Å². The summed E-state index contributed by atoms with van der Waals surface area (Å²) in [5, 5.41) is 3.50. The Morgan fingerprint density at radius 1 is 1.33 bits per heavy atom. The van der Waals surface area contributed by atoms with Gasteiger partial charge in [0.25, 0.3) is 0 Å². The molecule has 0 spiro atoms. The fourth-order valence-electron chi connectivity index (χ4n) is 2.88. The van der Waals surface area contributed by atoms with Crippen molar-refractivity contribution in [3.63, 3.8) is 0 Å². The summed E-state index contributed by atoms with van der Waals surface area (Å²) in [5.41, 5.74) is 0.889. The van der Waals surface area contributed by atoms with E-state index in [1.807, 2.05) is 0 Å². The molecule has 2 fully saturated rings. The average Bonchev–Trinajstić information content (AvgIpc) is 2.37. The molecule has 0 radical (unpaired) electrons. The number of fused-ring (bicyclic) bond motifs is 1. The molecule has 70 valence electrons. The lowest BCUT2D eigenvalue weighted by atomic mass is 9.72. The Hall–Kier alpha value is -0.0800. The van der Waals surface area contributed by atoms with Crippen LogP contribution in [0.1, 0.15) is 33.6 Å². The van der Waals surface area contributed by atoms with E-state index in [4.69, 9.17) is 0 Å². The van der Waals surface area contributed by atoms with E-state index >= 15 is 0 Å². The summed E-state index contributed by atoms with van der Waals surface area (Å²) >= 11 is 0. The van der Waals surface area contributed by atoms with Crippen molar-refractivity contribution in [1.82, 2.24) is 10.2 Å². The Morgan fingerprint density at radius 2 is 2.08 bits per heavy atom. The molecule has 2 rings (SSSR count). The van der Waals surface area contributed by atoms with Gasteiger partial charge in [-0.3, -0.25) is 4.90 Å². The lowest BCUT2D eigenvalue weighted by Gasteiger charge is -2.43. The Labute approximate surface area is 75.3 Å². The summed E-state index contributed by atoms with van der Waals surface area (Å²) in [6.45, 7) is 10.7. The molecule has 2 heteroatoms. The van der Waals surface area contributed by atoms with Crippen LogP contribution < -0.4 is 5.32 Å². The zero-order valence-electron chi connectivity index (χ0n) is 8.48. The Morgan fingerprint density at radius 3 is 2.67 bits per heavy atom. The minimum Gasteiger partial charge on any atom is -0.302 e. The predicted octanol–water partition coefficient (Wildman–Crippen LogP) is 1.43. The standard InChI is InChI=1S/C10H20N2/c1-9(2,3)10-5-4-6-12(10)8-11-7-10/h11H,4-8H2,1-3H3. The third kappa shape index (κ3) is 0.944. The first-order valence-electron chi connectivity index (χ1n) is 5.02. The summed E-state index contributed by atoms with van der Waals surface area (Å²) < 4.78 is 0. The predicted molar refractivity (Wildman–Crippen MR) is 51.0 cm³/mol. The van der Waals surface area contributed by atoms with E-state index in [-0.39, 0.29) is 0 Å². The summed E-state index contributed by atoms with van der Waals surface area (Å²) in [4.78, 5) is 2.63. The van der Waals surface area contributed by atoms with Gasteiger partial charge in [-0.25, -0.2) is 0 Å². The highest BCUT2D eigenvalue weighted by molar-refractivity contribution is 5.07. The van der Waals surface area contributed by atoms with Crippen LogP contribution in [0.25, 0.3) is 0 Å². The van der Waals surface area contributed by atoms with Crippen LogP contribution in [-0.4, -0.2) is 30.2 Å². The molecule has 0 aromatic rings. The molecule has 0 aliphatic carbocycles. The maximum absolute atomic E-state index is 3.50. The monoisotopic (exact) mass is 168 g/mol. The van der Waals surface area contributed by atoms with Crippen molar-refractivity contribution in [1.29, 1.82) is 0 Å². The molecule has 2 nitrogen and oxygen atoms in total. The van der Waals surface area contributed by atoms with E-state index in [2.05, 4.69) is 31.0 Å². The summed E-state index contributed by atoms with van der Waals surface area (Å²) in [7, 11) is 0. The van der Waals surface area contributed by atoms with Crippen LogP contribution in [0.15, 0.2) is 0 Å². The largest absolute Gasteiger partial charge is 0.302 e. The van der Waals surface area contributed by atoms with Crippen molar-refractivity contribution in [2.75, 3.05) is 19.8 Å². The van der Waals surface area contributed by atoms with Gasteiger partial charge in [-0.05, 0) is 18.3 Å². The van der Waals surface area contributed by atoms with E-state index in [1.165, 1.54) is 25.9 Å². The van der Waals surface area contributed by atoms with E-state index < -0.39 is 0 Å². The van der Waals surface area contributed by atoms with Gasteiger partial charge in [-0.15, -0.1) is 0 Å². The molecule has 2 aliphatic rings. The van der Waals surface area contributed by atoms with Crippen molar-refractivity contribution in [2.24, 2.45) is 5.41 Å². The zero-order chi connectivity index (χ0) is 8.82. The smallest absolute Gasteiger partial charge is 0.0487 e. The van der Waals surface area contributed by atoms with Gasteiger partial charge >= 0.3 is 0 Å². The van der Waals surface area contributed by atoms with E-state index in [1.54, 1.807) is 0 Å². The summed E-state index contributed by atoms with van der Waals surface area (Å²) in [6, 6.07) is 0. The van der Waals surface area contributed by atoms with Gasteiger partial charge in [0.15, 0.2) is 0 Å². The van der Waals surface area contributed by atoms with Gasteiger partial charge in [0.05, 0.1) is 0 Å². The first kappa shape index (κ1) is 8.52. The average molecular weight is 168 g/mol. The van der Waals surface area contributed by atoms with Gasteiger partial charge in [-0.2, -0.15) is 0 Å². The van der Waals surface area contributed by atoms with Gasteiger partial charge < -0.3 is 5.32 Å². The quantitative estimate of drug-likeness (QED) is 0.588. The highest BCUT2D eigenvalue weighted by Gasteiger charge is 2.51. The fourth-order valence-corrected chi connectivity index (χ4v) is 2.88. The van der Waals surface area contributed by atoms with Gasteiger partial charge in [0, 0.05) is 25.3 Å². The van der Waals surface area contributed by atoms with Crippen molar-refractivity contribution in [3.8, 4) is 0 Å². The van der Waals surface area contributed by atoms with E-state index in [0.717, 1.165) is 6.67 Å². The first-order chi connectivity index (χ1) is 5.56. The van der Waals surface area contributed by atoms with E-state index in [0.29, 0.717) is 11.0 Å². The summed E-state index contributed by atoms with van der Waals surface area (Å²) in [5.74, 6) is 0. The Kier molecular flexibility index (Phi) is 1.74. The molecule has 1 N–H and O–H groups in total. The highest BCUT2D eigenvalue weighted by atomic mass is 15.4. The van der Waals surface area contributed by atoms with Crippen LogP contribution in [-0.2, 0) is 0 Å². The second kappa shape index (κ2) is 2.46. The van der Waals surface area contributed by atoms with Crippen molar-refractivity contribution >= 4 is 0 Å². The van der Waals surface area contributed by atoms with Crippen LogP contribution in [0.2, 0.25) is 0 Å². The van der Waals surface area contributed by atoms with Crippen LogP contribution >= 0.6 is 0 Å². The maximum atomic E-state index is 3.50. The highest BCUT2D eigenvalue weighted by Crippen LogP contribution is 2.44. The SMILES string of the molecule is CC(C)(C)C12CCCN1CNC2. The van der Waals surface area contributed by atoms with Crippen molar-refractivity contribution < 1.29 is 0 Å². The molecule has 12 heavy (non-hydrogen) atoms. The molecule has 2 saturated heterocycles. The normalized spacial score (nSPS) is 37.2. The lowest BCUT2D eigenvalue weighted by molar-refractivity contribution is 0.0751. The van der Waals surface area contributed by atoms with Crippen molar-refractivity contribution in [3.05, 3.63) is 0 Å².